The Morgan fingerprint density at radius 2 is 2.29 bits per heavy atom. The van der Waals surface area contributed by atoms with Gasteiger partial charge in [0.25, 0.3) is 0 Å². The molecule has 3 nitrogen and oxygen atoms in total. The zero-order valence-electron chi connectivity index (χ0n) is 8.29. The third kappa shape index (κ3) is 1.21. The molecule has 2 aromatic heterocycles. The van der Waals surface area contributed by atoms with Gasteiger partial charge in [0.2, 0.25) is 0 Å². The minimum absolute atomic E-state index is 0.700. The van der Waals surface area contributed by atoms with Crippen LogP contribution in [0.25, 0.3) is 11.0 Å². The number of carbonyl (C=O) groups is 1. The number of fused-ring (bicyclic) bond motifs is 1. The normalized spacial score (nSPS) is 10.7. The number of H-pyrrole nitrogens is 1. The second-order valence-corrected chi connectivity index (χ2v) is 3.34. The number of rotatable bonds is 2. The van der Waals surface area contributed by atoms with Crippen molar-refractivity contribution < 1.29 is 4.79 Å². The average molecular weight is 188 g/mol. The van der Waals surface area contributed by atoms with E-state index in [0.29, 0.717) is 5.56 Å². The lowest BCUT2D eigenvalue weighted by Gasteiger charge is -1.92. The summed E-state index contributed by atoms with van der Waals surface area (Å²) in [5, 5.41) is 0. The molecular weight excluding hydrogens is 176 g/mol. The SMILES string of the molecule is CCc1[nH]c2ccc(C)nc2c1C=O. The summed E-state index contributed by atoms with van der Waals surface area (Å²) in [6.07, 6.45) is 1.70. The Bertz CT molecular complexity index is 485. The van der Waals surface area contributed by atoms with Crippen molar-refractivity contribution in [3.63, 3.8) is 0 Å². The number of pyridine rings is 1. The van der Waals surface area contributed by atoms with Gasteiger partial charge in [-0.2, -0.15) is 0 Å². The topological polar surface area (TPSA) is 45.8 Å². The Balaban J connectivity index is 2.81. The number of aryl methyl sites for hydroxylation is 2. The number of hydrogen-bond acceptors (Lipinski definition) is 2. The number of nitrogens with one attached hydrogen (secondary N) is 1. The molecule has 0 fully saturated rings. The number of nitrogens with zero attached hydrogens (tertiary/aromatic N) is 1. The van der Waals surface area contributed by atoms with Crippen LogP contribution in [0.5, 0.6) is 0 Å². The maximum Gasteiger partial charge on any atom is 0.154 e. The predicted molar refractivity (Wildman–Crippen MR) is 55.6 cm³/mol. The van der Waals surface area contributed by atoms with Gasteiger partial charge in [-0.25, -0.2) is 0 Å². The molecule has 72 valence electrons. The highest BCUT2D eigenvalue weighted by atomic mass is 16.1. The van der Waals surface area contributed by atoms with Gasteiger partial charge in [-0.1, -0.05) is 6.92 Å². The molecule has 0 saturated heterocycles. The fourth-order valence-electron chi connectivity index (χ4n) is 1.64. The van der Waals surface area contributed by atoms with Crippen molar-refractivity contribution in [3.05, 3.63) is 29.1 Å². The Hall–Kier alpha value is -1.64. The molecule has 2 heterocycles. The summed E-state index contributed by atoms with van der Waals surface area (Å²) in [4.78, 5) is 18.5. The van der Waals surface area contributed by atoms with E-state index in [9.17, 15) is 4.79 Å². The van der Waals surface area contributed by atoms with Crippen molar-refractivity contribution >= 4 is 17.3 Å². The van der Waals surface area contributed by atoms with E-state index in [4.69, 9.17) is 0 Å². The van der Waals surface area contributed by atoms with E-state index in [1.807, 2.05) is 26.0 Å². The molecule has 0 atom stereocenters. The number of aldehydes is 1. The van der Waals surface area contributed by atoms with Gasteiger partial charge < -0.3 is 4.98 Å². The summed E-state index contributed by atoms with van der Waals surface area (Å²) in [5.41, 5.74) is 4.33. The maximum absolute atomic E-state index is 10.9. The lowest BCUT2D eigenvalue weighted by atomic mass is 10.2. The molecular formula is C11H12N2O. The first kappa shape index (κ1) is 8.94. The van der Waals surface area contributed by atoms with E-state index >= 15 is 0 Å². The van der Waals surface area contributed by atoms with E-state index < -0.39 is 0 Å². The van der Waals surface area contributed by atoms with Gasteiger partial charge in [0.05, 0.1) is 16.6 Å². The van der Waals surface area contributed by atoms with Crippen LogP contribution in [0, 0.1) is 6.92 Å². The fraction of sp³-hybridized carbons (Fsp3) is 0.273. The van der Waals surface area contributed by atoms with Gasteiger partial charge in [-0.15, -0.1) is 0 Å². The summed E-state index contributed by atoms with van der Waals surface area (Å²) < 4.78 is 0. The number of aromatic amines is 1. The second kappa shape index (κ2) is 3.25. The monoisotopic (exact) mass is 188 g/mol. The highest BCUT2D eigenvalue weighted by Crippen LogP contribution is 2.19. The number of hydrogen-bond donors (Lipinski definition) is 1. The molecule has 0 aliphatic carbocycles. The third-order valence-electron chi connectivity index (χ3n) is 2.37. The van der Waals surface area contributed by atoms with Crippen molar-refractivity contribution in [2.45, 2.75) is 20.3 Å². The molecule has 2 rings (SSSR count). The molecule has 0 unspecified atom stereocenters. The first-order valence-corrected chi connectivity index (χ1v) is 4.69. The molecule has 1 N–H and O–H groups in total. The Morgan fingerprint density at radius 1 is 1.50 bits per heavy atom. The van der Waals surface area contributed by atoms with Crippen LogP contribution in [0.3, 0.4) is 0 Å². The summed E-state index contributed by atoms with van der Waals surface area (Å²) in [6.45, 7) is 3.94. The van der Waals surface area contributed by atoms with Crippen molar-refractivity contribution in [1.82, 2.24) is 9.97 Å². The lowest BCUT2D eigenvalue weighted by Crippen LogP contribution is -1.88. The van der Waals surface area contributed by atoms with Crippen LogP contribution in [0.4, 0.5) is 0 Å². The van der Waals surface area contributed by atoms with Crippen LogP contribution < -0.4 is 0 Å². The van der Waals surface area contributed by atoms with Crippen LogP contribution in [0.1, 0.15) is 28.7 Å². The third-order valence-corrected chi connectivity index (χ3v) is 2.37. The summed E-state index contributed by atoms with van der Waals surface area (Å²) in [6, 6.07) is 3.90. The molecule has 2 aromatic rings. The molecule has 14 heavy (non-hydrogen) atoms. The van der Waals surface area contributed by atoms with Crippen molar-refractivity contribution in [2.75, 3.05) is 0 Å². The van der Waals surface area contributed by atoms with E-state index in [2.05, 4.69) is 9.97 Å². The van der Waals surface area contributed by atoms with Crippen LogP contribution in [-0.2, 0) is 6.42 Å². The number of carbonyl (C=O) groups excluding carboxylic acids is 1. The van der Waals surface area contributed by atoms with Crippen molar-refractivity contribution in [2.24, 2.45) is 0 Å². The highest BCUT2D eigenvalue weighted by molar-refractivity contribution is 5.96. The largest absolute Gasteiger partial charge is 0.356 e. The summed E-state index contributed by atoms with van der Waals surface area (Å²) in [5.74, 6) is 0. The van der Waals surface area contributed by atoms with Gasteiger partial charge in [0.15, 0.2) is 6.29 Å². The van der Waals surface area contributed by atoms with Gasteiger partial charge in [0, 0.05) is 11.4 Å². The zero-order valence-corrected chi connectivity index (χ0v) is 8.29. The highest BCUT2D eigenvalue weighted by Gasteiger charge is 2.10. The molecule has 0 amide bonds. The van der Waals surface area contributed by atoms with Crippen LogP contribution >= 0.6 is 0 Å². The van der Waals surface area contributed by atoms with E-state index in [-0.39, 0.29) is 0 Å². The maximum atomic E-state index is 10.9. The standard InChI is InChI=1S/C11H12N2O/c1-3-9-8(6-14)11-10(13-9)5-4-7(2)12-11/h4-6,13H,3H2,1-2H3. The quantitative estimate of drug-likeness (QED) is 0.734. The van der Waals surface area contributed by atoms with Gasteiger partial charge in [0.1, 0.15) is 0 Å². The minimum Gasteiger partial charge on any atom is -0.356 e. The minimum atomic E-state index is 0.700. The molecule has 0 spiro atoms. The average Bonchev–Trinajstić information content (AvgIpc) is 2.54. The molecule has 0 radical (unpaired) electrons. The van der Waals surface area contributed by atoms with Crippen molar-refractivity contribution in [1.29, 1.82) is 0 Å². The van der Waals surface area contributed by atoms with E-state index in [0.717, 1.165) is 35.1 Å². The smallest absolute Gasteiger partial charge is 0.154 e. The second-order valence-electron chi connectivity index (χ2n) is 3.34. The molecule has 0 bridgehead atoms. The summed E-state index contributed by atoms with van der Waals surface area (Å²) >= 11 is 0. The Kier molecular flexibility index (Phi) is 2.08. The first-order chi connectivity index (χ1) is 6.76. The molecule has 0 saturated carbocycles. The Labute approximate surface area is 82.2 Å². The predicted octanol–water partition coefficient (Wildman–Crippen LogP) is 2.25. The first-order valence-electron chi connectivity index (χ1n) is 4.69. The zero-order chi connectivity index (χ0) is 10.1. The van der Waals surface area contributed by atoms with Crippen LogP contribution in [0.2, 0.25) is 0 Å². The van der Waals surface area contributed by atoms with E-state index in [1.165, 1.54) is 0 Å². The Morgan fingerprint density at radius 3 is 2.93 bits per heavy atom. The molecule has 3 heteroatoms. The molecule has 0 aliphatic heterocycles. The van der Waals surface area contributed by atoms with Crippen LogP contribution in [-0.4, -0.2) is 16.3 Å². The molecule has 0 aromatic carbocycles. The lowest BCUT2D eigenvalue weighted by molar-refractivity contribution is 0.112. The molecule has 0 aliphatic rings. The van der Waals surface area contributed by atoms with Gasteiger partial charge in [-0.3, -0.25) is 9.78 Å². The van der Waals surface area contributed by atoms with Gasteiger partial charge in [-0.05, 0) is 25.5 Å². The van der Waals surface area contributed by atoms with Crippen molar-refractivity contribution in [3.8, 4) is 0 Å². The van der Waals surface area contributed by atoms with E-state index in [1.54, 1.807) is 0 Å². The fourth-order valence-corrected chi connectivity index (χ4v) is 1.64. The number of aromatic nitrogens is 2. The summed E-state index contributed by atoms with van der Waals surface area (Å²) in [7, 11) is 0. The van der Waals surface area contributed by atoms with Crippen LogP contribution in [0.15, 0.2) is 12.1 Å². The van der Waals surface area contributed by atoms with Gasteiger partial charge >= 0.3 is 0 Å².